The van der Waals surface area contributed by atoms with Crippen molar-refractivity contribution < 1.29 is 14.6 Å². The normalized spacial score (nSPS) is 32.1. The van der Waals surface area contributed by atoms with Gasteiger partial charge >= 0.3 is 5.97 Å². The molecule has 3 heteroatoms. The van der Waals surface area contributed by atoms with Crippen molar-refractivity contribution in [2.24, 2.45) is 23.7 Å². The summed E-state index contributed by atoms with van der Waals surface area (Å²) >= 11 is 0. The summed E-state index contributed by atoms with van der Waals surface area (Å²) < 4.78 is 5.62. The highest BCUT2D eigenvalue weighted by molar-refractivity contribution is 5.78. The van der Waals surface area contributed by atoms with E-state index in [0.717, 1.165) is 29.7 Å². The van der Waals surface area contributed by atoms with Gasteiger partial charge in [-0.05, 0) is 55.4 Å². The number of fused-ring (bicyclic) bond motifs is 1. The van der Waals surface area contributed by atoms with Gasteiger partial charge in [0.05, 0.1) is 12.7 Å². The van der Waals surface area contributed by atoms with E-state index in [9.17, 15) is 9.90 Å². The number of aliphatic hydroxyl groups is 1. The van der Waals surface area contributed by atoms with E-state index in [4.69, 9.17) is 4.74 Å². The second-order valence-corrected chi connectivity index (χ2v) is 7.17. The van der Waals surface area contributed by atoms with Crippen LogP contribution < -0.4 is 0 Å². The predicted octanol–water partition coefficient (Wildman–Crippen LogP) is 3.38. The number of carbonyl (C=O) groups is 1. The van der Waals surface area contributed by atoms with Crippen molar-refractivity contribution in [1.29, 1.82) is 0 Å². The van der Waals surface area contributed by atoms with E-state index in [1.165, 1.54) is 12.8 Å². The molecule has 3 unspecified atom stereocenters. The van der Waals surface area contributed by atoms with Crippen molar-refractivity contribution in [3.05, 3.63) is 35.9 Å². The van der Waals surface area contributed by atoms with Crippen LogP contribution in [-0.2, 0) is 9.53 Å². The van der Waals surface area contributed by atoms with Crippen LogP contribution in [0.25, 0.3) is 0 Å². The average molecular weight is 302 g/mol. The Balaban J connectivity index is 1.54. The van der Waals surface area contributed by atoms with Crippen molar-refractivity contribution >= 4 is 5.97 Å². The highest BCUT2D eigenvalue weighted by atomic mass is 16.5. The lowest BCUT2D eigenvalue weighted by Crippen LogP contribution is -2.25. The molecule has 2 aliphatic rings. The summed E-state index contributed by atoms with van der Waals surface area (Å²) in [5.41, 5.74) is 0.818. The van der Waals surface area contributed by atoms with Gasteiger partial charge in [-0.3, -0.25) is 4.79 Å². The monoisotopic (exact) mass is 302 g/mol. The summed E-state index contributed by atoms with van der Waals surface area (Å²) in [6.45, 7) is 4.12. The van der Waals surface area contributed by atoms with Crippen molar-refractivity contribution in [3.63, 3.8) is 0 Å². The van der Waals surface area contributed by atoms with Crippen LogP contribution in [0.15, 0.2) is 30.3 Å². The van der Waals surface area contributed by atoms with E-state index in [2.05, 4.69) is 6.92 Å². The number of aliphatic hydroxyl groups excluding tert-OH is 1. The molecule has 0 spiro atoms. The average Bonchev–Trinajstić information content (AvgIpc) is 3.23. The zero-order chi connectivity index (χ0) is 15.7. The first-order valence-corrected chi connectivity index (χ1v) is 8.46. The Morgan fingerprint density at radius 2 is 2.00 bits per heavy atom. The van der Waals surface area contributed by atoms with Gasteiger partial charge in [-0.15, -0.1) is 0 Å². The van der Waals surface area contributed by atoms with Crippen LogP contribution in [0.3, 0.4) is 0 Å². The van der Waals surface area contributed by atoms with Gasteiger partial charge in [-0.25, -0.2) is 0 Å². The molecule has 3 nitrogen and oxygen atoms in total. The molecular formula is C19H26O3. The molecule has 0 heterocycles. The quantitative estimate of drug-likeness (QED) is 0.820. The van der Waals surface area contributed by atoms with Crippen molar-refractivity contribution in [2.45, 2.75) is 45.1 Å². The molecule has 1 N–H and O–H groups in total. The molecule has 2 aliphatic carbocycles. The van der Waals surface area contributed by atoms with Gasteiger partial charge in [0.2, 0.25) is 0 Å². The van der Waals surface area contributed by atoms with E-state index in [0.29, 0.717) is 5.92 Å². The number of esters is 1. The second kappa shape index (κ2) is 6.41. The summed E-state index contributed by atoms with van der Waals surface area (Å²) in [4.78, 5) is 12.3. The zero-order valence-electron chi connectivity index (χ0n) is 13.4. The number of rotatable bonds is 6. The molecular weight excluding hydrogens is 276 g/mol. The van der Waals surface area contributed by atoms with E-state index in [1.54, 1.807) is 0 Å². The molecule has 0 amide bonds. The summed E-state index contributed by atoms with van der Waals surface area (Å²) in [5, 5.41) is 9.53. The van der Waals surface area contributed by atoms with Gasteiger partial charge in [-0.1, -0.05) is 37.3 Å². The van der Waals surface area contributed by atoms with E-state index in [-0.39, 0.29) is 18.7 Å². The van der Waals surface area contributed by atoms with Gasteiger partial charge in [-0.2, -0.15) is 0 Å². The van der Waals surface area contributed by atoms with Crippen LogP contribution >= 0.6 is 0 Å². The minimum atomic E-state index is -0.570. The predicted molar refractivity (Wildman–Crippen MR) is 85.3 cm³/mol. The number of hydrogen-bond donors (Lipinski definition) is 1. The molecule has 1 aromatic rings. The molecule has 120 valence electrons. The number of benzene rings is 1. The Morgan fingerprint density at radius 3 is 2.55 bits per heavy atom. The molecule has 2 fully saturated rings. The van der Waals surface area contributed by atoms with Crippen molar-refractivity contribution in [2.75, 3.05) is 6.61 Å². The Labute approximate surface area is 132 Å². The number of ether oxygens (including phenoxy) is 1. The van der Waals surface area contributed by atoms with Gasteiger partial charge in [0.25, 0.3) is 0 Å². The van der Waals surface area contributed by atoms with Crippen LogP contribution in [0, 0.1) is 23.7 Å². The molecule has 0 aromatic heterocycles. The smallest absolute Gasteiger partial charge is 0.316 e. The summed E-state index contributed by atoms with van der Waals surface area (Å²) in [6.07, 6.45) is 3.54. The Bertz CT molecular complexity index is 513. The fourth-order valence-electron chi connectivity index (χ4n) is 4.29. The van der Waals surface area contributed by atoms with E-state index < -0.39 is 5.92 Å². The largest absolute Gasteiger partial charge is 0.462 e. The van der Waals surface area contributed by atoms with E-state index >= 15 is 0 Å². The molecule has 22 heavy (non-hydrogen) atoms. The maximum Gasteiger partial charge on any atom is 0.316 e. The highest BCUT2D eigenvalue weighted by Gasteiger charge is 2.52. The maximum atomic E-state index is 12.3. The van der Waals surface area contributed by atoms with Crippen LogP contribution in [0.1, 0.15) is 44.6 Å². The van der Waals surface area contributed by atoms with Crippen LogP contribution in [0.2, 0.25) is 0 Å². The first kappa shape index (κ1) is 15.5. The summed E-state index contributed by atoms with van der Waals surface area (Å²) in [5.74, 6) is 2.49. The van der Waals surface area contributed by atoms with Crippen molar-refractivity contribution in [1.82, 2.24) is 0 Å². The van der Waals surface area contributed by atoms with Crippen LogP contribution in [-0.4, -0.2) is 23.8 Å². The first-order valence-electron chi connectivity index (χ1n) is 8.46. The maximum absolute atomic E-state index is 12.3. The standard InChI is InChI=1S/C19H26O3/c1-12-8-15(17-10-16(12)17)9-13(2)22-19(21)18(11-20)14-6-4-3-5-7-14/h3-7,12-13,15-18,20H,8-11H2,1-2H3/t12?,13?,15?,16-,17+,18+/m0/s1. The molecule has 0 radical (unpaired) electrons. The molecule has 6 atom stereocenters. The minimum absolute atomic E-state index is 0.0678. The topological polar surface area (TPSA) is 46.5 Å². The van der Waals surface area contributed by atoms with Crippen LogP contribution in [0.5, 0.6) is 0 Å². The lowest BCUT2D eigenvalue weighted by molar-refractivity contribution is -0.152. The third-order valence-electron chi connectivity index (χ3n) is 5.52. The summed E-state index contributed by atoms with van der Waals surface area (Å²) in [7, 11) is 0. The third-order valence-corrected chi connectivity index (χ3v) is 5.52. The van der Waals surface area contributed by atoms with Gasteiger partial charge < -0.3 is 9.84 Å². The minimum Gasteiger partial charge on any atom is -0.462 e. The SMILES string of the molecule is CC(CC1CC(C)[C@@H]2C[C@H]12)OC(=O)[C@H](CO)c1ccccc1. The van der Waals surface area contributed by atoms with Crippen LogP contribution in [0.4, 0.5) is 0 Å². The zero-order valence-corrected chi connectivity index (χ0v) is 13.4. The van der Waals surface area contributed by atoms with Gasteiger partial charge in [0.15, 0.2) is 0 Å². The fraction of sp³-hybridized carbons (Fsp3) is 0.632. The Morgan fingerprint density at radius 1 is 1.27 bits per heavy atom. The van der Waals surface area contributed by atoms with Crippen molar-refractivity contribution in [3.8, 4) is 0 Å². The first-order chi connectivity index (χ1) is 10.6. The third kappa shape index (κ3) is 3.19. The summed E-state index contributed by atoms with van der Waals surface area (Å²) in [6, 6.07) is 9.38. The second-order valence-electron chi connectivity index (χ2n) is 7.17. The Kier molecular flexibility index (Phi) is 4.53. The molecule has 2 saturated carbocycles. The lowest BCUT2D eigenvalue weighted by atomic mass is 9.93. The molecule has 0 bridgehead atoms. The molecule has 3 rings (SSSR count). The molecule has 0 saturated heterocycles. The highest BCUT2D eigenvalue weighted by Crippen LogP contribution is 2.59. The number of carbonyl (C=O) groups excluding carboxylic acids is 1. The molecule has 1 aromatic carbocycles. The Hall–Kier alpha value is -1.35. The van der Waals surface area contributed by atoms with Gasteiger partial charge in [0, 0.05) is 0 Å². The number of hydrogen-bond acceptors (Lipinski definition) is 3. The molecule has 0 aliphatic heterocycles. The van der Waals surface area contributed by atoms with E-state index in [1.807, 2.05) is 37.3 Å². The van der Waals surface area contributed by atoms with Gasteiger partial charge in [0.1, 0.15) is 5.92 Å². The lowest BCUT2D eigenvalue weighted by Gasteiger charge is -2.22. The fourth-order valence-corrected chi connectivity index (χ4v) is 4.29.